The van der Waals surface area contributed by atoms with Crippen LogP contribution in [0.15, 0.2) is 18.2 Å². The number of Topliss-reactive ketones (excluding diaryl/α,β-unsaturated/α-hetero) is 1. The van der Waals surface area contributed by atoms with Crippen LogP contribution < -0.4 is 15.8 Å². The van der Waals surface area contributed by atoms with Crippen LogP contribution in [0, 0.1) is 5.92 Å². The second-order valence-corrected chi connectivity index (χ2v) is 4.74. The number of ether oxygens (including phenoxy) is 1. The number of ketones is 1. The molecule has 1 aromatic carbocycles. The van der Waals surface area contributed by atoms with Gasteiger partial charge in [-0.2, -0.15) is 0 Å². The van der Waals surface area contributed by atoms with Gasteiger partial charge in [0.2, 0.25) is 0 Å². The zero-order chi connectivity index (χ0) is 13.5. The van der Waals surface area contributed by atoms with Gasteiger partial charge >= 0.3 is 0 Å². The van der Waals surface area contributed by atoms with Gasteiger partial charge in [-0.1, -0.05) is 13.8 Å². The van der Waals surface area contributed by atoms with Crippen molar-refractivity contribution >= 4 is 11.5 Å². The molecule has 0 atom stereocenters. The van der Waals surface area contributed by atoms with Crippen LogP contribution in [-0.4, -0.2) is 26.0 Å². The van der Waals surface area contributed by atoms with Gasteiger partial charge in [0.05, 0.1) is 19.3 Å². The topological polar surface area (TPSA) is 64.3 Å². The van der Waals surface area contributed by atoms with Crippen molar-refractivity contribution < 1.29 is 9.53 Å². The maximum Gasteiger partial charge on any atom is 0.176 e. The van der Waals surface area contributed by atoms with Gasteiger partial charge in [0.1, 0.15) is 5.75 Å². The minimum Gasteiger partial charge on any atom is -0.495 e. The van der Waals surface area contributed by atoms with Crippen molar-refractivity contribution in [3.05, 3.63) is 23.8 Å². The van der Waals surface area contributed by atoms with E-state index >= 15 is 0 Å². The van der Waals surface area contributed by atoms with Gasteiger partial charge in [0, 0.05) is 5.56 Å². The first-order chi connectivity index (χ1) is 8.54. The van der Waals surface area contributed by atoms with E-state index in [1.54, 1.807) is 25.3 Å². The van der Waals surface area contributed by atoms with Crippen LogP contribution in [0.1, 0.15) is 30.6 Å². The van der Waals surface area contributed by atoms with Crippen LogP contribution in [0.3, 0.4) is 0 Å². The highest BCUT2D eigenvalue weighted by Gasteiger charge is 2.08. The van der Waals surface area contributed by atoms with E-state index in [2.05, 4.69) is 19.2 Å². The smallest absolute Gasteiger partial charge is 0.176 e. The van der Waals surface area contributed by atoms with Crippen molar-refractivity contribution in [3.63, 3.8) is 0 Å². The van der Waals surface area contributed by atoms with Gasteiger partial charge in [0.15, 0.2) is 5.78 Å². The molecule has 0 unspecified atom stereocenters. The van der Waals surface area contributed by atoms with Crippen molar-refractivity contribution in [2.75, 3.05) is 25.9 Å². The average molecular weight is 250 g/mol. The summed E-state index contributed by atoms with van der Waals surface area (Å²) in [5.74, 6) is 1.29. The molecule has 0 spiro atoms. The van der Waals surface area contributed by atoms with E-state index in [0.29, 0.717) is 29.5 Å². The Bertz CT molecular complexity index is 403. The molecule has 0 saturated heterocycles. The number of benzene rings is 1. The Morgan fingerprint density at radius 3 is 2.72 bits per heavy atom. The molecule has 0 bridgehead atoms. The Morgan fingerprint density at radius 1 is 1.44 bits per heavy atom. The number of nitrogen functional groups attached to an aromatic ring is 1. The van der Waals surface area contributed by atoms with Gasteiger partial charge in [-0.3, -0.25) is 4.79 Å². The summed E-state index contributed by atoms with van der Waals surface area (Å²) in [6.45, 7) is 5.52. The van der Waals surface area contributed by atoms with E-state index in [9.17, 15) is 4.79 Å². The van der Waals surface area contributed by atoms with Crippen LogP contribution in [0.25, 0.3) is 0 Å². The normalized spacial score (nSPS) is 10.7. The summed E-state index contributed by atoms with van der Waals surface area (Å²) in [7, 11) is 1.56. The summed E-state index contributed by atoms with van der Waals surface area (Å²) in [4.78, 5) is 11.9. The predicted molar refractivity (Wildman–Crippen MR) is 74.1 cm³/mol. The van der Waals surface area contributed by atoms with Gasteiger partial charge in [-0.05, 0) is 37.1 Å². The highest BCUT2D eigenvalue weighted by atomic mass is 16.5. The molecule has 1 rings (SSSR count). The molecule has 4 nitrogen and oxygen atoms in total. The van der Waals surface area contributed by atoms with E-state index in [4.69, 9.17) is 10.5 Å². The fraction of sp³-hybridized carbons (Fsp3) is 0.500. The Hall–Kier alpha value is -1.55. The summed E-state index contributed by atoms with van der Waals surface area (Å²) >= 11 is 0. The SMILES string of the molecule is COc1ccc(C(=O)CNCCC(C)C)cc1N. The third-order valence-corrected chi connectivity index (χ3v) is 2.74. The Balaban J connectivity index is 2.49. The Kier molecular flexibility index (Phi) is 5.65. The minimum atomic E-state index is 0.0492. The maximum atomic E-state index is 11.9. The third kappa shape index (κ3) is 4.37. The van der Waals surface area contributed by atoms with Gasteiger partial charge < -0.3 is 15.8 Å². The van der Waals surface area contributed by atoms with Crippen LogP contribution in [0.5, 0.6) is 5.75 Å². The molecular weight excluding hydrogens is 228 g/mol. The van der Waals surface area contributed by atoms with E-state index in [1.807, 2.05) is 0 Å². The van der Waals surface area contributed by atoms with Crippen molar-refractivity contribution in [3.8, 4) is 5.75 Å². The number of hydrogen-bond acceptors (Lipinski definition) is 4. The number of anilines is 1. The van der Waals surface area contributed by atoms with Crippen LogP contribution >= 0.6 is 0 Å². The molecule has 0 aliphatic carbocycles. The molecule has 0 aromatic heterocycles. The van der Waals surface area contributed by atoms with Gasteiger partial charge in [0.25, 0.3) is 0 Å². The van der Waals surface area contributed by atoms with Crippen molar-refractivity contribution in [1.29, 1.82) is 0 Å². The van der Waals surface area contributed by atoms with Crippen molar-refractivity contribution in [2.24, 2.45) is 5.92 Å². The number of carbonyl (C=O) groups is 1. The first-order valence-corrected chi connectivity index (χ1v) is 6.22. The third-order valence-electron chi connectivity index (χ3n) is 2.74. The second kappa shape index (κ2) is 7.01. The van der Waals surface area contributed by atoms with Crippen LogP contribution in [0.4, 0.5) is 5.69 Å². The summed E-state index contributed by atoms with van der Waals surface area (Å²) in [6, 6.07) is 5.11. The Labute approximate surface area is 109 Å². The lowest BCUT2D eigenvalue weighted by Crippen LogP contribution is -2.24. The van der Waals surface area contributed by atoms with Crippen molar-refractivity contribution in [2.45, 2.75) is 20.3 Å². The number of nitrogens with two attached hydrogens (primary N) is 1. The molecule has 0 aliphatic rings. The molecule has 18 heavy (non-hydrogen) atoms. The zero-order valence-electron chi connectivity index (χ0n) is 11.3. The number of carbonyl (C=O) groups excluding carboxylic acids is 1. The molecule has 0 heterocycles. The second-order valence-electron chi connectivity index (χ2n) is 4.74. The fourth-order valence-corrected chi connectivity index (χ4v) is 1.60. The van der Waals surface area contributed by atoms with E-state index in [1.165, 1.54) is 0 Å². The largest absolute Gasteiger partial charge is 0.495 e. The summed E-state index contributed by atoms with van der Waals surface area (Å²) in [6.07, 6.45) is 1.07. The number of nitrogens with one attached hydrogen (secondary N) is 1. The number of methoxy groups -OCH3 is 1. The molecule has 4 heteroatoms. The Morgan fingerprint density at radius 2 is 2.17 bits per heavy atom. The van der Waals surface area contributed by atoms with E-state index < -0.39 is 0 Å². The maximum absolute atomic E-state index is 11.9. The minimum absolute atomic E-state index is 0.0492. The highest BCUT2D eigenvalue weighted by molar-refractivity contribution is 5.98. The molecular formula is C14H22N2O2. The molecule has 1 aromatic rings. The van der Waals surface area contributed by atoms with E-state index in [0.717, 1.165) is 13.0 Å². The lowest BCUT2D eigenvalue weighted by molar-refractivity contribution is 0.0991. The van der Waals surface area contributed by atoms with E-state index in [-0.39, 0.29) is 5.78 Å². The molecule has 0 radical (unpaired) electrons. The lowest BCUT2D eigenvalue weighted by Gasteiger charge is -2.08. The molecule has 3 N–H and O–H groups in total. The highest BCUT2D eigenvalue weighted by Crippen LogP contribution is 2.21. The molecule has 0 aliphatic heterocycles. The van der Waals surface area contributed by atoms with Crippen LogP contribution in [-0.2, 0) is 0 Å². The first kappa shape index (κ1) is 14.5. The molecule has 0 fully saturated rings. The molecule has 0 amide bonds. The summed E-state index contributed by atoms with van der Waals surface area (Å²) in [5.41, 5.74) is 6.87. The predicted octanol–water partition coefficient (Wildman–Crippen LogP) is 2.10. The number of rotatable bonds is 7. The number of hydrogen-bond donors (Lipinski definition) is 2. The van der Waals surface area contributed by atoms with Gasteiger partial charge in [-0.25, -0.2) is 0 Å². The first-order valence-electron chi connectivity index (χ1n) is 6.22. The average Bonchev–Trinajstić information content (AvgIpc) is 2.34. The fourth-order valence-electron chi connectivity index (χ4n) is 1.60. The van der Waals surface area contributed by atoms with Gasteiger partial charge in [-0.15, -0.1) is 0 Å². The standard InChI is InChI=1S/C14H22N2O2/c1-10(2)6-7-16-9-13(17)11-4-5-14(18-3)12(15)8-11/h4-5,8,10,16H,6-7,9,15H2,1-3H3. The summed E-state index contributed by atoms with van der Waals surface area (Å²) in [5, 5.41) is 3.14. The zero-order valence-corrected chi connectivity index (χ0v) is 11.3. The molecule has 100 valence electrons. The van der Waals surface area contributed by atoms with Crippen molar-refractivity contribution in [1.82, 2.24) is 5.32 Å². The van der Waals surface area contributed by atoms with Crippen LogP contribution in [0.2, 0.25) is 0 Å². The monoisotopic (exact) mass is 250 g/mol. The quantitative estimate of drug-likeness (QED) is 0.442. The molecule has 0 saturated carbocycles. The summed E-state index contributed by atoms with van der Waals surface area (Å²) < 4.78 is 5.05. The lowest BCUT2D eigenvalue weighted by atomic mass is 10.1.